The van der Waals surface area contributed by atoms with Crippen LogP contribution in [0.2, 0.25) is 0 Å². The van der Waals surface area contributed by atoms with Gasteiger partial charge in [0.2, 0.25) is 10.0 Å². The van der Waals surface area contributed by atoms with Crippen LogP contribution in [0, 0.1) is 6.92 Å². The number of aromatic amines is 1. The van der Waals surface area contributed by atoms with Crippen LogP contribution in [0.5, 0.6) is 5.75 Å². The average Bonchev–Trinajstić information content (AvgIpc) is 3.08. The molecule has 1 aromatic heterocycles. The van der Waals surface area contributed by atoms with Crippen molar-refractivity contribution in [3.63, 3.8) is 0 Å². The van der Waals surface area contributed by atoms with Crippen LogP contribution in [0.3, 0.4) is 0 Å². The van der Waals surface area contributed by atoms with Crippen molar-refractivity contribution in [3.8, 4) is 5.75 Å². The monoisotopic (exact) mass is 428 g/mol. The summed E-state index contributed by atoms with van der Waals surface area (Å²) >= 11 is 0. The fraction of sp³-hybridized carbons (Fsp3) is 0.333. The summed E-state index contributed by atoms with van der Waals surface area (Å²) in [7, 11) is -3.76. The predicted molar refractivity (Wildman–Crippen MR) is 108 cm³/mol. The van der Waals surface area contributed by atoms with Crippen molar-refractivity contribution >= 4 is 26.9 Å². The van der Waals surface area contributed by atoms with Crippen molar-refractivity contribution in [2.75, 3.05) is 13.1 Å². The van der Waals surface area contributed by atoms with E-state index in [1.165, 1.54) is 22.5 Å². The van der Waals surface area contributed by atoms with Crippen molar-refractivity contribution in [2.45, 2.75) is 36.7 Å². The van der Waals surface area contributed by atoms with Gasteiger partial charge in [0.1, 0.15) is 11.4 Å². The van der Waals surface area contributed by atoms with Crippen molar-refractivity contribution in [2.24, 2.45) is 0 Å². The Morgan fingerprint density at radius 3 is 2.60 bits per heavy atom. The maximum Gasteiger partial charge on any atom is 0.417 e. The van der Waals surface area contributed by atoms with Crippen LogP contribution in [0.15, 0.2) is 50.5 Å². The van der Waals surface area contributed by atoms with Crippen molar-refractivity contribution in [1.82, 2.24) is 9.29 Å². The minimum Gasteiger partial charge on any atom is -0.486 e. The zero-order chi connectivity index (χ0) is 21.1. The van der Waals surface area contributed by atoms with Crippen molar-refractivity contribution in [3.05, 3.63) is 58.1 Å². The van der Waals surface area contributed by atoms with Gasteiger partial charge in [0.15, 0.2) is 11.4 Å². The number of nitrogens with zero attached hydrogens (tertiary/aromatic N) is 1. The molecule has 156 valence electrons. The molecule has 0 aliphatic carbocycles. The Balaban J connectivity index is 1.38. The summed E-state index contributed by atoms with van der Waals surface area (Å²) in [6.07, 6.45) is 1.09. The van der Waals surface area contributed by atoms with E-state index in [4.69, 9.17) is 9.15 Å². The van der Waals surface area contributed by atoms with Gasteiger partial charge in [0, 0.05) is 32.0 Å². The van der Waals surface area contributed by atoms with Gasteiger partial charge in [-0.25, -0.2) is 13.2 Å². The van der Waals surface area contributed by atoms with Gasteiger partial charge in [0.25, 0.3) is 0 Å². The van der Waals surface area contributed by atoms with Gasteiger partial charge in [-0.1, -0.05) is 11.6 Å². The topological polar surface area (TPSA) is 110 Å². The predicted octanol–water partition coefficient (Wildman–Crippen LogP) is 2.62. The largest absolute Gasteiger partial charge is 0.486 e. The van der Waals surface area contributed by atoms with Crippen molar-refractivity contribution < 1.29 is 22.4 Å². The Labute approximate surface area is 172 Å². The molecular formula is C21H20N2O6S. The highest BCUT2D eigenvalue weighted by Crippen LogP contribution is 2.40. The molecule has 1 fully saturated rings. The number of piperidine rings is 1. The number of fused-ring (bicyclic) bond motifs is 2. The lowest BCUT2D eigenvalue weighted by molar-refractivity contribution is 0.00589. The molecule has 2 aliphatic rings. The van der Waals surface area contributed by atoms with Crippen molar-refractivity contribution in [1.29, 1.82) is 0 Å². The van der Waals surface area contributed by atoms with E-state index in [2.05, 4.69) is 4.98 Å². The maximum atomic E-state index is 13.1. The van der Waals surface area contributed by atoms with Gasteiger partial charge in [0.05, 0.1) is 22.4 Å². The van der Waals surface area contributed by atoms with Crippen LogP contribution in [-0.2, 0) is 10.0 Å². The number of benzene rings is 2. The van der Waals surface area contributed by atoms with Crippen LogP contribution < -0.4 is 10.5 Å². The highest BCUT2D eigenvalue weighted by atomic mass is 32.2. The minimum absolute atomic E-state index is 0.0317. The zero-order valence-electron chi connectivity index (χ0n) is 16.3. The summed E-state index contributed by atoms with van der Waals surface area (Å²) in [6.45, 7) is 2.41. The van der Waals surface area contributed by atoms with Crippen LogP contribution >= 0.6 is 0 Å². The second-order valence-electron chi connectivity index (χ2n) is 7.96. The number of hydrogen-bond donors (Lipinski definition) is 1. The van der Waals surface area contributed by atoms with E-state index in [0.29, 0.717) is 29.7 Å². The number of oxazole rings is 1. The lowest BCUT2D eigenvalue weighted by Gasteiger charge is -2.43. The third-order valence-corrected chi connectivity index (χ3v) is 7.80. The molecule has 1 N–H and O–H groups in total. The molecular weight excluding hydrogens is 408 g/mol. The van der Waals surface area contributed by atoms with E-state index in [1.807, 2.05) is 25.1 Å². The molecule has 2 aliphatic heterocycles. The number of rotatable bonds is 2. The lowest BCUT2D eigenvalue weighted by Crippen LogP contribution is -2.52. The second kappa shape index (κ2) is 6.55. The Hall–Kier alpha value is -2.91. The Morgan fingerprint density at radius 2 is 1.83 bits per heavy atom. The first-order valence-corrected chi connectivity index (χ1v) is 11.2. The third kappa shape index (κ3) is 3.05. The summed E-state index contributed by atoms with van der Waals surface area (Å²) in [5.74, 6) is -0.0284. The second-order valence-corrected chi connectivity index (χ2v) is 9.90. The van der Waals surface area contributed by atoms with Gasteiger partial charge >= 0.3 is 5.76 Å². The number of aryl methyl sites for hydroxylation is 1. The third-order valence-electron chi connectivity index (χ3n) is 5.91. The molecule has 1 spiro atoms. The molecule has 0 radical (unpaired) electrons. The maximum absolute atomic E-state index is 13.1. The number of hydrogen-bond acceptors (Lipinski definition) is 6. The number of Topliss-reactive ketones (excluding diaryl/α,β-unsaturated/α-hetero) is 1. The minimum atomic E-state index is -3.76. The fourth-order valence-corrected chi connectivity index (χ4v) is 5.71. The highest BCUT2D eigenvalue weighted by molar-refractivity contribution is 7.89. The van der Waals surface area contributed by atoms with E-state index in [1.54, 1.807) is 0 Å². The number of nitrogens with one attached hydrogen (secondary N) is 1. The summed E-state index contributed by atoms with van der Waals surface area (Å²) in [5.41, 5.74) is 1.56. The first kappa shape index (κ1) is 19.1. The first-order valence-electron chi connectivity index (χ1n) is 9.72. The van der Waals surface area contributed by atoms with E-state index in [9.17, 15) is 18.0 Å². The van der Waals surface area contributed by atoms with Gasteiger partial charge in [-0.3, -0.25) is 9.78 Å². The molecule has 3 heterocycles. The molecule has 0 amide bonds. The average molecular weight is 428 g/mol. The Morgan fingerprint density at radius 1 is 1.07 bits per heavy atom. The molecule has 0 atom stereocenters. The van der Waals surface area contributed by atoms with Crippen LogP contribution in [0.4, 0.5) is 0 Å². The summed E-state index contributed by atoms with van der Waals surface area (Å²) in [6, 6.07) is 9.87. The quantitative estimate of drug-likeness (QED) is 0.672. The van der Waals surface area contributed by atoms with E-state index in [0.717, 1.165) is 5.56 Å². The molecule has 0 bridgehead atoms. The normalized spacial score (nSPS) is 19.0. The lowest BCUT2D eigenvalue weighted by atomic mass is 9.83. The molecule has 8 nitrogen and oxygen atoms in total. The number of ether oxygens (including phenoxy) is 1. The summed E-state index contributed by atoms with van der Waals surface area (Å²) in [4.78, 5) is 26.6. The van der Waals surface area contributed by atoms with E-state index < -0.39 is 21.4 Å². The number of aromatic nitrogens is 1. The molecule has 1 saturated heterocycles. The Kier molecular flexibility index (Phi) is 4.16. The zero-order valence-corrected chi connectivity index (χ0v) is 17.1. The number of carbonyl (C=O) groups is 1. The van der Waals surface area contributed by atoms with E-state index >= 15 is 0 Å². The molecule has 9 heteroatoms. The number of ketones is 1. The van der Waals surface area contributed by atoms with Crippen LogP contribution in [0.25, 0.3) is 11.1 Å². The van der Waals surface area contributed by atoms with E-state index in [-0.39, 0.29) is 35.8 Å². The van der Waals surface area contributed by atoms with Gasteiger partial charge in [-0.15, -0.1) is 0 Å². The summed E-state index contributed by atoms with van der Waals surface area (Å²) in [5, 5.41) is 0. The smallest absolute Gasteiger partial charge is 0.417 e. The van der Waals surface area contributed by atoms with Gasteiger partial charge in [-0.2, -0.15) is 4.31 Å². The van der Waals surface area contributed by atoms with Gasteiger partial charge in [-0.05, 0) is 31.2 Å². The molecule has 0 saturated carbocycles. The fourth-order valence-electron chi connectivity index (χ4n) is 4.26. The first-order chi connectivity index (χ1) is 14.3. The highest BCUT2D eigenvalue weighted by Gasteiger charge is 2.45. The number of H-pyrrole nitrogens is 1. The van der Waals surface area contributed by atoms with Gasteiger partial charge < -0.3 is 9.15 Å². The Bertz CT molecular complexity index is 1330. The number of carbonyl (C=O) groups excluding carboxylic acids is 1. The molecule has 2 aromatic carbocycles. The van der Waals surface area contributed by atoms with Crippen LogP contribution in [-0.4, -0.2) is 42.2 Å². The summed E-state index contributed by atoms with van der Waals surface area (Å²) < 4.78 is 38.8. The number of sulfonamides is 1. The molecule has 30 heavy (non-hydrogen) atoms. The van der Waals surface area contributed by atoms with Crippen LogP contribution in [0.1, 0.15) is 35.2 Å². The molecule has 0 unspecified atom stereocenters. The molecule has 5 rings (SSSR count). The standard InChI is InChI=1S/C21H20N2O6S/c1-13-2-5-18-15(10-13)17(24)12-21(29-18)6-8-23(9-7-21)30(26,27)14-3-4-16-19(11-14)28-20(25)22-16/h2-5,10-11H,6-9,12H2,1H3,(H,22,25). The SMILES string of the molecule is Cc1ccc2c(c1)C(=O)CC1(CCN(S(=O)(=O)c3ccc4[nH]c(=O)oc4c3)CC1)O2. The molecule has 3 aromatic rings.